The van der Waals surface area contributed by atoms with Gasteiger partial charge < -0.3 is 4.90 Å². The van der Waals surface area contributed by atoms with Gasteiger partial charge in [-0.05, 0) is 54.1 Å². The SMILES string of the molecule is CCC(c1nc2ccccc2c(=O)n1-c1ccccc1)N(CCc1ccccc1)C(=O)c1cccs1. The summed E-state index contributed by atoms with van der Waals surface area (Å²) >= 11 is 1.43. The lowest BCUT2D eigenvalue weighted by atomic mass is 10.1. The molecule has 0 aliphatic carbocycles. The lowest BCUT2D eigenvalue weighted by Crippen LogP contribution is -2.39. The Kier molecular flexibility index (Phi) is 7.05. The standard InChI is InChI=1S/C30H27N3O2S/c1-2-26(32(30(35)27-18-11-21-36-27)20-19-22-12-5-3-6-13-22)28-31-25-17-10-9-16-24(25)29(34)33(28)23-14-7-4-8-15-23/h3-18,21,26H,2,19-20H2,1H3. The van der Waals surface area contributed by atoms with Gasteiger partial charge in [0.1, 0.15) is 5.82 Å². The number of hydrogen-bond acceptors (Lipinski definition) is 4. The zero-order valence-corrected chi connectivity index (χ0v) is 20.9. The highest BCUT2D eigenvalue weighted by Crippen LogP contribution is 2.28. The van der Waals surface area contributed by atoms with Gasteiger partial charge in [0.15, 0.2) is 0 Å². The highest BCUT2D eigenvalue weighted by atomic mass is 32.1. The summed E-state index contributed by atoms with van der Waals surface area (Å²) in [5, 5.41) is 2.47. The Hall–Kier alpha value is -4.03. The van der Waals surface area contributed by atoms with Gasteiger partial charge in [0.05, 0.1) is 27.5 Å². The number of amides is 1. The summed E-state index contributed by atoms with van der Waals surface area (Å²) in [5.41, 5.74) is 2.39. The minimum atomic E-state index is -0.388. The van der Waals surface area contributed by atoms with Crippen LogP contribution in [0.25, 0.3) is 16.6 Å². The maximum atomic E-state index is 13.8. The molecule has 6 heteroatoms. The van der Waals surface area contributed by atoms with Gasteiger partial charge in [0.25, 0.3) is 11.5 Å². The largest absolute Gasteiger partial charge is 0.327 e. The molecular formula is C30H27N3O2S. The fourth-order valence-electron chi connectivity index (χ4n) is 4.58. The molecule has 3 aromatic carbocycles. The van der Waals surface area contributed by atoms with Crippen molar-refractivity contribution in [2.75, 3.05) is 6.54 Å². The van der Waals surface area contributed by atoms with Crippen LogP contribution < -0.4 is 5.56 Å². The van der Waals surface area contributed by atoms with Crippen LogP contribution >= 0.6 is 11.3 Å². The summed E-state index contributed by atoms with van der Waals surface area (Å²) in [6, 6.07) is 30.5. The van der Waals surface area contributed by atoms with E-state index in [1.54, 1.807) is 10.6 Å². The number of para-hydroxylation sites is 2. The molecule has 180 valence electrons. The first-order chi connectivity index (χ1) is 17.7. The first-order valence-electron chi connectivity index (χ1n) is 12.1. The minimum Gasteiger partial charge on any atom is -0.327 e. The topological polar surface area (TPSA) is 55.2 Å². The maximum Gasteiger partial charge on any atom is 0.266 e. The summed E-state index contributed by atoms with van der Waals surface area (Å²) in [7, 11) is 0. The molecule has 5 rings (SSSR count). The summed E-state index contributed by atoms with van der Waals surface area (Å²) in [4.78, 5) is 35.2. The average molecular weight is 494 g/mol. The molecule has 5 aromatic rings. The zero-order chi connectivity index (χ0) is 24.9. The second-order valence-electron chi connectivity index (χ2n) is 8.60. The maximum absolute atomic E-state index is 13.8. The average Bonchev–Trinajstić information content (AvgIpc) is 3.47. The van der Waals surface area contributed by atoms with Gasteiger partial charge in [-0.2, -0.15) is 0 Å². The summed E-state index contributed by atoms with van der Waals surface area (Å²) in [6.07, 6.45) is 1.32. The van der Waals surface area contributed by atoms with E-state index in [-0.39, 0.29) is 17.5 Å². The van der Waals surface area contributed by atoms with Crippen molar-refractivity contribution in [2.45, 2.75) is 25.8 Å². The summed E-state index contributed by atoms with van der Waals surface area (Å²) in [6.45, 7) is 2.55. The molecule has 0 aliphatic heterocycles. The summed E-state index contributed by atoms with van der Waals surface area (Å²) < 4.78 is 1.67. The third kappa shape index (κ3) is 4.72. The van der Waals surface area contributed by atoms with Crippen LogP contribution in [0, 0.1) is 0 Å². The number of carbonyl (C=O) groups is 1. The second-order valence-corrected chi connectivity index (χ2v) is 9.55. The van der Waals surface area contributed by atoms with Crippen LogP contribution in [0.15, 0.2) is 107 Å². The van der Waals surface area contributed by atoms with Crippen molar-refractivity contribution in [3.05, 3.63) is 129 Å². The normalized spacial score (nSPS) is 11.9. The van der Waals surface area contributed by atoms with E-state index >= 15 is 0 Å². The Balaban J connectivity index is 1.67. The van der Waals surface area contributed by atoms with Crippen molar-refractivity contribution in [1.29, 1.82) is 0 Å². The van der Waals surface area contributed by atoms with Crippen molar-refractivity contribution in [2.24, 2.45) is 0 Å². The lowest BCUT2D eigenvalue weighted by molar-refractivity contribution is 0.0667. The number of fused-ring (bicyclic) bond motifs is 1. The number of aromatic nitrogens is 2. The van der Waals surface area contributed by atoms with Gasteiger partial charge in [-0.25, -0.2) is 4.98 Å². The van der Waals surface area contributed by atoms with Crippen molar-refractivity contribution < 1.29 is 4.79 Å². The second kappa shape index (κ2) is 10.7. The van der Waals surface area contributed by atoms with Gasteiger partial charge in [0.2, 0.25) is 0 Å². The predicted molar refractivity (Wildman–Crippen MR) is 146 cm³/mol. The molecule has 2 aromatic heterocycles. The van der Waals surface area contributed by atoms with E-state index in [2.05, 4.69) is 12.1 Å². The Morgan fingerprint density at radius 3 is 2.31 bits per heavy atom. The molecule has 2 heterocycles. The van der Waals surface area contributed by atoms with E-state index in [1.165, 1.54) is 11.3 Å². The number of hydrogen-bond donors (Lipinski definition) is 0. The molecule has 0 fully saturated rings. The zero-order valence-electron chi connectivity index (χ0n) is 20.1. The molecule has 0 aliphatic rings. The highest BCUT2D eigenvalue weighted by Gasteiger charge is 2.30. The molecule has 1 amide bonds. The number of thiophene rings is 1. The van der Waals surface area contributed by atoms with E-state index in [9.17, 15) is 9.59 Å². The first kappa shape index (κ1) is 23.7. The number of benzene rings is 3. The van der Waals surface area contributed by atoms with Crippen molar-refractivity contribution in [3.8, 4) is 5.69 Å². The van der Waals surface area contributed by atoms with E-state index < -0.39 is 0 Å². The Labute approximate surface area is 214 Å². The van der Waals surface area contributed by atoms with Gasteiger partial charge in [-0.1, -0.05) is 73.7 Å². The van der Waals surface area contributed by atoms with Gasteiger partial charge in [0, 0.05) is 6.54 Å². The Morgan fingerprint density at radius 2 is 1.61 bits per heavy atom. The monoisotopic (exact) mass is 493 g/mol. The van der Waals surface area contributed by atoms with Crippen LogP contribution in [-0.2, 0) is 6.42 Å². The quantitative estimate of drug-likeness (QED) is 0.255. The van der Waals surface area contributed by atoms with Crippen LogP contribution in [0.5, 0.6) is 0 Å². The lowest BCUT2D eigenvalue weighted by Gasteiger charge is -2.32. The number of carbonyl (C=O) groups excluding carboxylic acids is 1. The van der Waals surface area contributed by atoms with Crippen LogP contribution in [-0.4, -0.2) is 26.9 Å². The third-order valence-corrected chi connectivity index (χ3v) is 7.21. The Bertz CT molecular complexity index is 1510. The molecule has 0 saturated heterocycles. The number of rotatable bonds is 8. The van der Waals surface area contributed by atoms with Gasteiger partial charge in [-0.15, -0.1) is 11.3 Å². The predicted octanol–water partition coefficient (Wildman–Crippen LogP) is 6.28. The molecule has 0 spiro atoms. The number of nitrogens with zero attached hydrogens (tertiary/aromatic N) is 3. The molecular weight excluding hydrogens is 466 g/mol. The molecule has 36 heavy (non-hydrogen) atoms. The van der Waals surface area contributed by atoms with Gasteiger partial charge >= 0.3 is 0 Å². The minimum absolute atomic E-state index is 0.0465. The molecule has 0 saturated carbocycles. The molecule has 0 bridgehead atoms. The fraction of sp³-hybridized carbons (Fsp3) is 0.167. The van der Waals surface area contributed by atoms with Crippen LogP contribution in [0.1, 0.15) is 40.4 Å². The van der Waals surface area contributed by atoms with Crippen LogP contribution in [0.2, 0.25) is 0 Å². The molecule has 0 N–H and O–H groups in total. The van der Waals surface area contributed by atoms with Crippen molar-refractivity contribution >= 4 is 28.1 Å². The molecule has 0 radical (unpaired) electrons. The van der Waals surface area contributed by atoms with Crippen molar-refractivity contribution in [1.82, 2.24) is 14.5 Å². The van der Waals surface area contributed by atoms with E-state index in [0.29, 0.717) is 41.0 Å². The smallest absolute Gasteiger partial charge is 0.266 e. The van der Waals surface area contributed by atoms with E-state index in [4.69, 9.17) is 4.98 Å². The van der Waals surface area contributed by atoms with E-state index in [1.807, 2.05) is 96.1 Å². The van der Waals surface area contributed by atoms with Gasteiger partial charge in [-0.3, -0.25) is 14.2 Å². The van der Waals surface area contributed by atoms with Crippen LogP contribution in [0.4, 0.5) is 0 Å². The van der Waals surface area contributed by atoms with Crippen molar-refractivity contribution in [3.63, 3.8) is 0 Å². The molecule has 1 unspecified atom stereocenters. The first-order valence-corrected chi connectivity index (χ1v) is 13.0. The fourth-order valence-corrected chi connectivity index (χ4v) is 5.26. The Morgan fingerprint density at radius 1 is 0.917 bits per heavy atom. The molecule has 1 atom stereocenters. The van der Waals surface area contributed by atoms with E-state index in [0.717, 1.165) is 11.3 Å². The summed E-state index contributed by atoms with van der Waals surface area (Å²) in [5.74, 6) is 0.528. The third-order valence-electron chi connectivity index (χ3n) is 6.35. The molecule has 5 nitrogen and oxygen atoms in total. The highest BCUT2D eigenvalue weighted by molar-refractivity contribution is 7.12. The van der Waals surface area contributed by atoms with Crippen LogP contribution in [0.3, 0.4) is 0 Å².